The third-order valence-corrected chi connectivity index (χ3v) is 4.55. The number of amides is 1. The Morgan fingerprint density at radius 2 is 2.19 bits per heavy atom. The molecule has 0 aliphatic carbocycles. The van der Waals surface area contributed by atoms with Crippen LogP contribution in [0.2, 0.25) is 0 Å². The molecule has 5 nitrogen and oxygen atoms in total. The van der Waals surface area contributed by atoms with Crippen molar-refractivity contribution in [1.82, 2.24) is 4.90 Å². The van der Waals surface area contributed by atoms with E-state index in [0.29, 0.717) is 18.4 Å². The Balaban J connectivity index is 1.89. The maximum Gasteiger partial charge on any atom is 0.223 e. The number of hydrogen-bond donors (Lipinski definition) is 1. The minimum absolute atomic E-state index is 0.0839. The van der Waals surface area contributed by atoms with E-state index in [-0.39, 0.29) is 6.04 Å². The average molecular weight is 289 g/mol. The molecule has 2 aliphatic heterocycles. The summed E-state index contributed by atoms with van der Waals surface area (Å²) in [6.07, 6.45) is 1.66. The quantitative estimate of drug-likeness (QED) is 0.916. The van der Waals surface area contributed by atoms with Gasteiger partial charge in [0.2, 0.25) is 5.91 Å². The van der Waals surface area contributed by atoms with E-state index in [1.54, 1.807) is 7.11 Å². The molecular formula is C16H23N3O2. The van der Waals surface area contributed by atoms with Gasteiger partial charge in [0.05, 0.1) is 7.11 Å². The number of piperazine rings is 1. The maximum atomic E-state index is 11.8. The zero-order valence-corrected chi connectivity index (χ0v) is 12.7. The van der Waals surface area contributed by atoms with Crippen LogP contribution < -0.4 is 15.4 Å². The van der Waals surface area contributed by atoms with Crippen molar-refractivity contribution in [3.8, 4) is 5.75 Å². The first kappa shape index (κ1) is 14.2. The fraction of sp³-hybridized carbons (Fsp3) is 0.562. The van der Waals surface area contributed by atoms with Crippen LogP contribution >= 0.6 is 0 Å². The molecule has 114 valence electrons. The molecule has 2 N–H and O–H groups in total. The number of benzene rings is 1. The third kappa shape index (κ3) is 2.46. The van der Waals surface area contributed by atoms with E-state index in [1.807, 2.05) is 24.0 Å². The van der Waals surface area contributed by atoms with Gasteiger partial charge in [-0.3, -0.25) is 4.79 Å². The largest absolute Gasteiger partial charge is 0.496 e. The number of anilines is 1. The molecule has 2 saturated heterocycles. The molecule has 0 bridgehead atoms. The number of fused-ring (bicyclic) bond motifs is 1. The fourth-order valence-electron chi connectivity index (χ4n) is 3.53. The van der Waals surface area contributed by atoms with Gasteiger partial charge in [-0.05, 0) is 25.5 Å². The van der Waals surface area contributed by atoms with E-state index in [9.17, 15) is 4.79 Å². The van der Waals surface area contributed by atoms with Crippen molar-refractivity contribution < 1.29 is 9.53 Å². The predicted molar refractivity (Wildman–Crippen MR) is 82.5 cm³/mol. The minimum Gasteiger partial charge on any atom is -0.496 e. The van der Waals surface area contributed by atoms with Crippen LogP contribution in [0.15, 0.2) is 18.2 Å². The van der Waals surface area contributed by atoms with Gasteiger partial charge in [0.15, 0.2) is 0 Å². The Labute approximate surface area is 125 Å². The molecular weight excluding hydrogens is 266 g/mol. The van der Waals surface area contributed by atoms with E-state index in [4.69, 9.17) is 10.5 Å². The highest BCUT2D eigenvalue weighted by Crippen LogP contribution is 2.35. The number of ether oxygens (including phenoxy) is 1. The fourth-order valence-corrected chi connectivity index (χ4v) is 3.53. The Kier molecular flexibility index (Phi) is 3.76. The van der Waals surface area contributed by atoms with Crippen molar-refractivity contribution in [2.45, 2.75) is 31.8 Å². The molecule has 0 saturated carbocycles. The van der Waals surface area contributed by atoms with Gasteiger partial charge in [-0.15, -0.1) is 0 Å². The SMILES string of the molecule is COc1cccc(N2CCN3C(=O)CCC3C2)c1[C@H](C)N. The lowest BCUT2D eigenvalue weighted by molar-refractivity contribution is -0.129. The summed E-state index contributed by atoms with van der Waals surface area (Å²) in [5.74, 6) is 1.14. The van der Waals surface area contributed by atoms with Crippen LogP contribution in [0.3, 0.4) is 0 Å². The highest BCUT2D eigenvalue weighted by molar-refractivity contribution is 5.79. The summed E-state index contributed by atoms with van der Waals surface area (Å²) >= 11 is 0. The average Bonchev–Trinajstić information content (AvgIpc) is 2.87. The highest BCUT2D eigenvalue weighted by atomic mass is 16.5. The van der Waals surface area contributed by atoms with Crippen molar-refractivity contribution in [2.24, 2.45) is 5.73 Å². The summed E-state index contributed by atoms with van der Waals surface area (Å²) < 4.78 is 5.47. The summed E-state index contributed by atoms with van der Waals surface area (Å²) in [5.41, 5.74) is 8.35. The second-order valence-corrected chi connectivity index (χ2v) is 5.91. The van der Waals surface area contributed by atoms with Crippen molar-refractivity contribution in [3.05, 3.63) is 23.8 Å². The molecule has 1 unspecified atom stereocenters. The lowest BCUT2D eigenvalue weighted by Crippen LogP contribution is -2.51. The Morgan fingerprint density at radius 3 is 2.90 bits per heavy atom. The van der Waals surface area contributed by atoms with Crippen molar-refractivity contribution in [1.29, 1.82) is 0 Å². The van der Waals surface area contributed by atoms with Gasteiger partial charge in [0.25, 0.3) is 0 Å². The molecule has 0 radical (unpaired) electrons. The van der Waals surface area contributed by atoms with Gasteiger partial charge in [-0.25, -0.2) is 0 Å². The minimum atomic E-state index is -0.0839. The molecule has 2 fully saturated rings. The standard InChI is InChI=1S/C16H23N3O2/c1-11(17)16-13(4-3-5-14(16)21-2)18-8-9-19-12(10-18)6-7-15(19)20/h3-5,11-12H,6-10,17H2,1-2H3/t11-,12?/m0/s1. The van der Waals surface area contributed by atoms with Crippen molar-refractivity contribution in [3.63, 3.8) is 0 Å². The Hall–Kier alpha value is -1.75. The second-order valence-electron chi connectivity index (χ2n) is 5.91. The maximum absolute atomic E-state index is 11.8. The predicted octanol–water partition coefficient (Wildman–Crippen LogP) is 1.53. The lowest BCUT2D eigenvalue weighted by atomic mass is 10.0. The molecule has 5 heteroatoms. The summed E-state index contributed by atoms with van der Waals surface area (Å²) in [7, 11) is 1.68. The first-order valence-corrected chi connectivity index (χ1v) is 7.58. The molecule has 2 heterocycles. The normalized spacial score (nSPS) is 23.2. The highest BCUT2D eigenvalue weighted by Gasteiger charge is 2.36. The first-order valence-electron chi connectivity index (χ1n) is 7.58. The number of nitrogens with two attached hydrogens (primary N) is 1. The van der Waals surface area contributed by atoms with Crippen LogP contribution in [-0.2, 0) is 4.79 Å². The van der Waals surface area contributed by atoms with Gasteiger partial charge in [0, 0.05) is 49.4 Å². The van der Waals surface area contributed by atoms with Gasteiger partial charge < -0.3 is 20.3 Å². The van der Waals surface area contributed by atoms with Crippen LogP contribution in [-0.4, -0.2) is 43.6 Å². The number of carbonyl (C=O) groups is 1. The van der Waals surface area contributed by atoms with Crippen LogP contribution in [0.5, 0.6) is 5.75 Å². The van der Waals surface area contributed by atoms with Crippen LogP contribution in [0.4, 0.5) is 5.69 Å². The molecule has 2 atom stereocenters. The molecule has 2 aliphatic rings. The van der Waals surface area contributed by atoms with Crippen molar-refractivity contribution in [2.75, 3.05) is 31.6 Å². The van der Waals surface area contributed by atoms with Gasteiger partial charge in [-0.2, -0.15) is 0 Å². The monoisotopic (exact) mass is 289 g/mol. The zero-order chi connectivity index (χ0) is 15.0. The summed E-state index contributed by atoms with van der Waals surface area (Å²) in [6.45, 7) is 4.53. The van der Waals surface area contributed by atoms with E-state index in [1.165, 1.54) is 0 Å². The van der Waals surface area contributed by atoms with Gasteiger partial charge >= 0.3 is 0 Å². The number of methoxy groups -OCH3 is 1. The lowest BCUT2D eigenvalue weighted by Gasteiger charge is -2.40. The summed E-state index contributed by atoms with van der Waals surface area (Å²) in [6, 6.07) is 6.33. The smallest absolute Gasteiger partial charge is 0.223 e. The van der Waals surface area contributed by atoms with Crippen LogP contribution in [0.1, 0.15) is 31.4 Å². The zero-order valence-electron chi connectivity index (χ0n) is 12.7. The number of rotatable bonds is 3. The molecule has 21 heavy (non-hydrogen) atoms. The number of hydrogen-bond acceptors (Lipinski definition) is 4. The number of carbonyl (C=O) groups excluding carboxylic acids is 1. The van der Waals surface area contributed by atoms with E-state index < -0.39 is 0 Å². The topological polar surface area (TPSA) is 58.8 Å². The Morgan fingerprint density at radius 1 is 1.38 bits per heavy atom. The summed E-state index contributed by atoms with van der Waals surface area (Å²) in [5, 5.41) is 0. The van der Waals surface area contributed by atoms with Crippen molar-refractivity contribution >= 4 is 11.6 Å². The molecule has 1 aromatic rings. The molecule has 0 aromatic heterocycles. The van der Waals surface area contributed by atoms with E-state index in [2.05, 4.69) is 11.0 Å². The summed E-state index contributed by atoms with van der Waals surface area (Å²) in [4.78, 5) is 16.2. The molecule has 1 amide bonds. The van der Waals surface area contributed by atoms with Gasteiger partial charge in [-0.1, -0.05) is 6.07 Å². The van der Waals surface area contributed by atoms with E-state index in [0.717, 1.165) is 43.1 Å². The first-order chi connectivity index (χ1) is 10.1. The van der Waals surface area contributed by atoms with Crippen LogP contribution in [0.25, 0.3) is 0 Å². The molecule has 1 aromatic carbocycles. The van der Waals surface area contributed by atoms with Crippen LogP contribution in [0, 0.1) is 0 Å². The second kappa shape index (κ2) is 5.56. The Bertz CT molecular complexity index is 544. The molecule has 3 rings (SSSR count). The van der Waals surface area contributed by atoms with Gasteiger partial charge in [0.1, 0.15) is 5.75 Å². The third-order valence-electron chi connectivity index (χ3n) is 4.55. The number of nitrogens with zero attached hydrogens (tertiary/aromatic N) is 2. The van der Waals surface area contributed by atoms with E-state index >= 15 is 0 Å². The molecule has 0 spiro atoms.